The highest BCUT2D eigenvalue weighted by atomic mass is 16.2. The summed E-state index contributed by atoms with van der Waals surface area (Å²) >= 11 is 0. The van der Waals surface area contributed by atoms with E-state index in [1.807, 2.05) is 23.1 Å². The highest BCUT2D eigenvalue weighted by Gasteiger charge is 2.32. The molecule has 0 bridgehead atoms. The third-order valence-electron chi connectivity index (χ3n) is 5.82. The maximum absolute atomic E-state index is 13.4. The number of rotatable bonds is 5. The normalized spacial score (nSPS) is 14.7. The van der Waals surface area contributed by atoms with Gasteiger partial charge in [-0.1, -0.05) is 80.6 Å². The van der Waals surface area contributed by atoms with Crippen molar-refractivity contribution in [3.8, 4) is 0 Å². The number of hydrogen-bond donors (Lipinski definition) is 0. The average molecular weight is 407 g/mol. The van der Waals surface area contributed by atoms with Gasteiger partial charge in [-0.2, -0.15) is 0 Å². The number of carbonyl (C=O) groups is 1. The molecule has 0 radical (unpaired) electrons. The third-order valence-corrected chi connectivity index (χ3v) is 5.82. The zero-order valence-electron chi connectivity index (χ0n) is 18.0. The van der Waals surface area contributed by atoms with Crippen LogP contribution in [0.25, 0.3) is 22.6 Å². The number of aromatic nitrogens is 1. The fourth-order valence-corrected chi connectivity index (χ4v) is 4.45. The summed E-state index contributed by atoms with van der Waals surface area (Å²) in [6, 6.07) is 27.0. The maximum Gasteiger partial charge on any atom is 0.259 e. The van der Waals surface area contributed by atoms with Crippen LogP contribution in [0.3, 0.4) is 0 Å². The molecule has 0 saturated heterocycles. The van der Waals surface area contributed by atoms with E-state index in [0.29, 0.717) is 5.92 Å². The Morgan fingerprint density at radius 2 is 1.58 bits per heavy atom. The average Bonchev–Trinajstić information content (AvgIpc) is 3.25. The number of carbonyl (C=O) groups excluding carboxylic acids is 1. The molecule has 1 amide bonds. The maximum atomic E-state index is 13.4. The molecule has 31 heavy (non-hydrogen) atoms. The monoisotopic (exact) mass is 406 g/mol. The number of anilines is 1. The lowest BCUT2D eigenvalue weighted by Crippen LogP contribution is -2.30. The minimum absolute atomic E-state index is 0.0924. The molecule has 2 heterocycles. The molecule has 0 aliphatic carbocycles. The van der Waals surface area contributed by atoms with E-state index in [2.05, 4.69) is 91.4 Å². The van der Waals surface area contributed by atoms with Crippen molar-refractivity contribution in [1.29, 1.82) is 0 Å². The zero-order valence-corrected chi connectivity index (χ0v) is 18.0. The van der Waals surface area contributed by atoms with E-state index in [-0.39, 0.29) is 5.91 Å². The lowest BCUT2D eigenvalue weighted by molar-refractivity contribution is -0.113. The third kappa shape index (κ3) is 3.57. The second-order valence-corrected chi connectivity index (χ2v) is 8.60. The van der Waals surface area contributed by atoms with Crippen LogP contribution in [0.4, 0.5) is 5.69 Å². The van der Waals surface area contributed by atoms with Crippen LogP contribution >= 0.6 is 0 Å². The van der Waals surface area contributed by atoms with Crippen molar-refractivity contribution in [2.75, 3.05) is 11.4 Å². The molecule has 0 N–H and O–H groups in total. The van der Waals surface area contributed by atoms with Gasteiger partial charge in [0, 0.05) is 46.9 Å². The Morgan fingerprint density at radius 1 is 0.871 bits per heavy atom. The number of benzene rings is 3. The van der Waals surface area contributed by atoms with Crippen molar-refractivity contribution in [3.63, 3.8) is 0 Å². The van der Waals surface area contributed by atoms with Crippen molar-refractivity contribution in [3.05, 3.63) is 102 Å². The summed E-state index contributed by atoms with van der Waals surface area (Å²) in [5.74, 6) is 0.499. The van der Waals surface area contributed by atoms with Crippen LogP contribution in [-0.4, -0.2) is 17.0 Å². The molecule has 3 aromatic carbocycles. The van der Waals surface area contributed by atoms with Crippen molar-refractivity contribution in [2.45, 2.75) is 20.4 Å². The summed E-state index contributed by atoms with van der Waals surface area (Å²) in [6.45, 7) is 5.82. The van der Waals surface area contributed by atoms with Crippen molar-refractivity contribution in [2.24, 2.45) is 5.92 Å². The van der Waals surface area contributed by atoms with Gasteiger partial charge in [-0.15, -0.1) is 0 Å². The van der Waals surface area contributed by atoms with E-state index in [4.69, 9.17) is 0 Å². The van der Waals surface area contributed by atoms with Crippen LogP contribution in [0.15, 0.2) is 85.1 Å². The summed E-state index contributed by atoms with van der Waals surface area (Å²) in [5, 5.41) is 1.17. The van der Waals surface area contributed by atoms with Crippen LogP contribution in [0, 0.1) is 5.92 Å². The first kappa shape index (κ1) is 19.4. The van der Waals surface area contributed by atoms with Crippen LogP contribution in [0.2, 0.25) is 0 Å². The molecule has 0 spiro atoms. The summed E-state index contributed by atoms with van der Waals surface area (Å²) in [5.41, 5.74) is 6.33. The van der Waals surface area contributed by atoms with Crippen molar-refractivity contribution >= 4 is 34.1 Å². The van der Waals surface area contributed by atoms with Crippen LogP contribution in [0.1, 0.15) is 30.5 Å². The quantitative estimate of drug-likeness (QED) is 0.361. The predicted molar refractivity (Wildman–Crippen MR) is 129 cm³/mol. The van der Waals surface area contributed by atoms with E-state index in [9.17, 15) is 4.79 Å². The number of para-hydroxylation sites is 2. The molecular weight excluding hydrogens is 380 g/mol. The lowest BCUT2D eigenvalue weighted by Gasteiger charge is -2.19. The van der Waals surface area contributed by atoms with Crippen LogP contribution < -0.4 is 4.90 Å². The van der Waals surface area contributed by atoms with E-state index in [1.54, 1.807) is 0 Å². The fourth-order valence-electron chi connectivity index (χ4n) is 4.45. The van der Waals surface area contributed by atoms with Gasteiger partial charge in [0.1, 0.15) is 0 Å². The largest absolute Gasteiger partial charge is 0.342 e. The van der Waals surface area contributed by atoms with E-state index in [0.717, 1.165) is 35.5 Å². The molecule has 0 unspecified atom stereocenters. The number of hydrogen-bond acceptors (Lipinski definition) is 1. The predicted octanol–water partition coefficient (Wildman–Crippen LogP) is 6.23. The molecule has 0 atom stereocenters. The van der Waals surface area contributed by atoms with Crippen molar-refractivity contribution < 1.29 is 4.79 Å². The molecular formula is C28H26N2O. The minimum atomic E-state index is 0.0924. The van der Waals surface area contributed by atoms with Gasteiger partial charge in [0.2, 0.25) is 0 Å². The van der Waals surface area contributed by atoms with Gasteiger partial charge < -0.3 is 9.47 Å². The van der Waals surface area contributed by atoms with Gasteiger partial charge in [0.15, 0.2) is 0 Å². The van der Waals surface area contributed by atoms with Gasteiger partial charge >= 0.3 is 0 Å². The molecule has 0 saturated carbocycles. The molecule has 0 fully saturated rings. The van der Waals surface area contributed by atoms with E-state index in [1.165, 1.54) is 16.5 Å². The van der Waals surface area contributed by atoms with E-state index >= 15 is 0 Å². The Kier molecular flexibility index (Phi) is 4.95. The second kappa shape index (κ2) is 7.92. The molecule has 4 aromatic rings. The molecule has 1 aliphatic rings. The number of nitrogens with zero attached hydrogens (tertiary/aromatic N) is 2. The van der Waals surface area contributed by atoms with E-state index < -0.39 is 0 Å². The molecule has 1 aromatic heterocycles. The first-order valence-electron chi connectivity index (χ1n) is 10.9. The Bertz CT molecular complexity index is 1280. The van der Waals surface area contributed by atoms with Gasteiger partial charge in [-0.3, -0.25) is 4.79 Å². The topological polar surface area (TPSA) is 25.2 Å². The SMILES string of the molecule is CC(C)CN1C(=O)/C(=C\c2cn(Cc3ccccc3)c3ccccc23)c2ccccc21. The Labute approximate surface area is 183 Å². The van der Waals surface area contributed by atoms with Gasteiger partial charge in [-0.25, -0.2) is 0 Å². The second-order valence-electron chi connectivity index (χ2n) is 8.60. The molecule has 3 heteroatoms. The Hall–Kier alpha value is -3.59. The summed E-state index contributed by atoms with van der Waals surface area (Å²) in [4.78, 5) is 15.3. The Balaban J connectivity index is 1.61. The standard InChI is InChI=1S/C28H26N2O/c1-20(2)17-30-27-15-9-7-13-24(27)25(28(30)31)16-22-19-29(18-21-10-4-3-5-11-21)26-14-8-6-12-23(22)26/h3-16,19-20H,17-18H2,1-2H3/b25-16-. The Morgan fingerprint density at radius 3 is 2.39 bits per heavy atom. The van der Waals surface area contributed by atoms with Gasteiger partial charge in [0.05, 0.1) is 5.69 Å². The molecule has 5 rings (SSSR count). The summed E-state index contributed by atoms with van der Waals surface area (Å²) < 4.78 is 2.27. The number of amides is 1. The first-order chi connectivity index (χ1) is 15.1. The first-order valence-corrected chi connectivity index (χ1v) is 10.9. The minimum Gasteiger partial charge on any atom is -0.342 e. The highest BCUT2D eigenvalue weighted by molar-refractivity contribution is 6.36. The molecule has 1 aliphatic heterocycles. The molecule has 3 nitrogen and oxygen atoms in total. The zero-order chi connectivity index (χ0) is 21.4. The van der Waals surface area contributed by atoms with Gasteiger partial charge in [0.25, 0.3) is 5.91 Å². The lowest BCUT2D eigenvalue weighted by atomic mass is 10.0. The van der Waals surface area contributed by atoms with Crippen molar-refractivity contribution in [1.82, 2.24) is 4.57 Å². The van der Waals surface area contributed by atoms with Crippen LogP contribution in [0.5, 0.6) is 0 Å². The van der Waals surface area contributed by atoms with Crippen LogP contribution in [-0.2, 0) is 11.3 Å². The smallest absolute Gasteiger partial charge is 0.259 e. The summed E-state index contributed by atoms with van der Waals surface area (Å²) in [7, 11) is 0. The molecule has 154 valence electrons. The highest BCUT2D eigenvalue weighted by Crippen LogP contribution is 2.39. The van der Waals surface area contributed by atoms with Gasteiger partial charge in [-0.05, 0) is 29.7 Å². The summed E-state index contributed by atoms with van der Waals surface area (Å²) in [6.07, 6.45) is 4.25. The fraction of sp³-hybridized carbons (Fsp3) is 0.179. The number of fused-ring (bicyclic) bond motifs is 2.